The first-order valence-corrected chi connectivity index (χ1v) is 8.21. The van der Waals surface area contributed by atoms with Crippen LogP contribution < -0.4 is 15.5 Å². The van der Waals surface area contributed by atoms with Crippen molar-refractivity contribution in [3.63, 3.8) is 0 Å². The van der Waals surface area contributed by atoms with E-state index < -0.39 is 0 Å². The van der Waals surface area contributed by atoms with E-state index in [9.17, 15) is 9.59 Å². The number of carbonyl (C=O) groups excluding carboxylic acids is 1. The fourth-order valence-electron chi connectivity index (χ4n) is 3.05. The van der Waals surface area contributed by atoms with Gasteiger partial charge in [-0.3, -0.25) is 9.59 Å². The second-order valence-electron chi connectivity index (χ2n) is 6.30. The smallest absolute Gasteiger partial charge is 0.268 e. The molecule has 2 heterocycles. The third-order valence-corrected chi connectivity index (χ3v) is 4.57. The van der Waals surface area contributed by atoms with Gasteiger partial charge in [-0.2, -0.15) is 0 Å². The average Bonchev–Trinajstić information content (AvgIpc) is 2.77. The number of fused-ring (bicyclic) bond motifs is 1. The van der Waals surface area contributed by atoms with Crippen LogP contribution in [0.2, 0.25) is 0 Å². The SMILES string of the molecule is Cc1cc(=O)cc(C(=O)NC[C@@H]2CCOc3ccccc3C2)n1C. The quantitative estimate of drug-likeness (QED) is 0.939. The molecule has 0 spiro atoms. The number of carbonyl (C=O) groups is 1. The zero-order valence-corrected chi connectivity index (χ0v) is 14.0. The zero-order chi connectivity index (χ0) is 17.1. The van der Waals surface area contributed by atoms with Crippen molar-refractivity contribution >= 4 is 5.91 Å². The highest BCUT2D eigenvalue weighted by Crippen LogP contribution is 2.26. The molecule has 126 valence electrons. The molecule has 2 aromatic rings. The highest BCUT2D eigenvalue weighted by atomic mass is 16.5. The van der Waals surface area contributed by atoms with E-state index in [-0.39, 0.29) is 11.3 Å². The van der Waals surface area contributed by atoms with Gasteiger partial charge in [-0.1, -0.05) is 18.2 Å². The molecule has 0 bridgehead atoms. The van der Waals surface area contributed by atoms with E-state index in [1.807, 2.05) is 25.1 Å². The minimum absolute atomic E-state index is 0.146. The molecule has 1 aromatic carbocycles. The van der Waals surface area contributed by atoms with Crippen LogP contribution in [0.25, 0.3) is 0 Å². The molecule has 1 aliphatic rings. The van der Waals surface area contributed by atoms with Crippen LogP contribution in [-0.2, 0) is 13.5 Å². The van der Waals surface area contributed by atoms with E-state index in [1.165, 1.54) is 17.7 Å². The molecule has 1 aliphatic heterocycles. The van der Waals surface area contributed by atoms with E-state index in [4.69, 9.17) is 4.74 Å². The van der Waals surface area contributed by atoms with E-state index in [2.05, 4.69) is 11.4 Å². The van der Waals surface area contributed by atoms with Crippen LogP contribution in [0.4, 0.5) is 0 Å². The first-order chi connectivity index (χ1) is 11.5. The van der Waals surface area contributed by atoms with Gasteiger partial charge in [0.15, 0.2) is 5.43 Å². The van der Waals surface area contributed by atoms with Crippen molar-refractivity contribution in [3.05, 3.63) is 63.6 Å². The van der Waals surface area contributed by atoms with Crippen molar-refractivity contribution in [1.82, 2.24) is 9.88 Å². The number of ether oxygens (including phenoxy) is 1. The van der Waals surface area contributed by atoms with Gasteiger partial charge in [0.1, 0.15) is 11.4 Å². The Morgan fingerprint density at radius 1 is 1.33 bits per heavy atom. The van der Waals surface area contributed by atoms with E-state index in [0.717, 1.165) is 24.3 Å². The lowest BCUT2D eigenvalue weighted by molar-refractivity contribution is 0.0936. The number of rotatable bonds is 3. The summed E-state index contributed by atoms with van der Waals surface area (Å²) in [6.45, 7) is 3.04. The predicted molar refractivity (Wildman–Crippen MR) is 92.5 cm³/mol. The molecule has 5 nitrogen and oxygen atoms in total. The first kappa shape index (κ1) is 16.3. The molecule has 0 aliphatic carbocycles. The zero-order valence-electron chi connectivity index (χ0n) is 14.0. The van der Waals surface area contributed by atoms with Crippen molar-refractivity contribution in [3.8, 4) is 5.75 Å². The van der Waals surface area contributed by atoms with Crippen LogP contribution >= 0.6 is 0 Å². The Hall–Kier alpha value is -2.56. The summed E-state index contributed by atoms with van der Waals surface area (Å²) in [6.07, 6.45) is 1.77. The van der Waals surface area contributed by atoms with E-state index in [1.54, 1.807) is 11.6 Å². The summed E-state index contributed by atoms with van der Waals surface area (Å²) in [7, 11) is 1.79. The average molecular weight is 326 g/mol. The summed E-state index contributed by atoms with van der Waals surface area (Å²) in [6, 6.07) is 10.9. The number of hydrogen-bond acceptors (Lipinski definition) is 3. The van der Waals surface area contributed by atoms with Crippen LogP contribution in [0.5, 0.6) is 5.75 Å². The number of para-hydroxylation sites is 1. The van der Waals surface area contributed by atoms with Crippen LogP contribution in [0.1, 0.15) is 28.2 Å². The Morgan fingerprint density at radius 3 is 2.96 bits per heavy atom. The molecular formula is C19H22N2O3. The highest BCUT2D eigenvalue weighted by molar-refractivity contribution is 5.92. The number of aromatic nitrogens is 1. The number of hydrogen-bond donors (Lipinski definition) is 1. The number of aryl methyl sites for hydroxylation is 1. The number of pyridine rings is 1. The van der Waals surface area contributed by atoms with Gasteiger partial charge in [0, 0.05) is 31.4 Å². The van der Waals surface area contributed by atoms with Gasteiger partial charge >= 0.3 is 0 Å². The molecule has 3 rings (SSSR count). The molecule has 0 fully saturated rings. The predicted octanol–water partition coefficient (Wildman–Crippen LogP) is 2.06. The van der Waals surface area contributed by atoms with Gasteiger partial charge in [0.2, 0.25) is 0 Å². The highest BCUT2D eigenvalue weighted by Gasteiger charge is 2.19. The van der Waals surface area contributed by atoms with E-state index >= 15 is 0 Å². The second-order valence-corrected chi connectivity index (χ2v) is 6.30. The summed E-state index contributed by atoms with van der Waals surface area (Å²) >= 11 is 0. The molecule has 0 saturated carbocycles. The summed E-state index contributed by atoms with van der Waals surface area (Å²) in [5.41, 5.74) is 2.19. The van der Waals surface area contributed by atoms with Crippen molar-refractivity contribution in [2.24, 2.45) is 13.0 Å². The molecule has 1 atom stereocenters. The third-order valence-electron chi connectivity index (χ3n) is 4.57. The van der Waals surface area contributed by atoms with Crippen LogP contribution in [-0.4, -0.2) is 23.6 Å². The molecular weight excluding hydrogens is 304 g/mol. The van der Waals surface area contributed by atoms with Crippen molar-refractivity contribution in [2.45, 2.75) is 19.8 Å². The maximum absolute atomic E-state index is 12.4. The maximum atomic E-state index is 12.4. The van der Waals surface area contributed by atoms with Gasteiger partial charge in [-0.25, -0.2) is 0 Å². The lowest BCUT2D eigenvalue weighted by Crippen LogP contribution is -2.33. The fourth-order valence-corrected chi connectivity index (χ4v) is 3.05. The van der Waals surface area contributed by atoms with Gasteiger partial charge in [0.25, 0.3) is 5.91 Å². The summed E-state index contributed by atoms with van der Waals surface area (Å²) in [5, 5.41) is 2.97. The van der Waals surface area contributed by atoms with Crippen molar-refractivity contribution in [2.75, 3.05) is 13.2 Å². The normalized spacial score (nSPS) is 16.7. The lowest BCUT2D eigenvalue weighted by Gasteiger charge is -2.16. The first-order valence-electron chi connectivity index (χ1n) is 8.21. The van der Waals surface area contributed by atoms with E-state index in [0.29, 0.717) is 24.8 Å². The Labute approximate surface area is 141 Å². The Balaban J connectivity index is 1.68. The molecule has 0 radical (unpaired) electrons. The number of amides is 1. The third kappa shape index (κ3) is 3.50. The molecule has 1 aromatic heterocycles. The summed E-state index contributed by atoms with van der Waals surface area (Å²) in [5.74, 6) is 1.04. The van der Waals surface area contributed by atoms with Gasteiger partial charge in [0.05, 0.1) is 6.61 Å². The number of benzene rings is 1. The summed E-state index contributed by atoms with van der Waals surface area (Å²) < 4.78 is 7.50. The Morgan fingerprint density at radius 2 is 2.12 bits per heavy atom. The fraction of sp³-hybridized carbons (Fsp3) is 0.368. The molecule has 1 amide bonds. The lowest BCUT2D eigenvalue weighted by atomic mass is 9.97. The van der Waals surface area contributed by atoms with Crippen LogP contribution in [0, 0.1) is 12.8 Å². The standard InChI is InChI=1S/C19H22N2O3/c1-13-9-16(22)11-17(21(13)2)19(23)20-12-14-7-8-24-18-6-4-3-5-15(18)10-14/h3-6,9,11,14H,7-8,10,12H2,1-2H3,(H,20,23)/t14-/m1/s1. The second kappa shape index (κ2) is 6.91. The Kier molecular flexibility index (Phi) is 4.69. The minimum Gasteiger partial charge on any atom is -0.493 e. The van der Waals surface area contributed by atoms with Gasteiger partial charge < -0.3 is 14.6 Å². The van der Waals surface area contributed by atoms with Crippen LogP contribution in [0.15, 0.2) is 41.2 Å². The number of nitrogens with one attached hydrogen (secondary N) is 1. The van der Waals surface area contributed by atoms with Gasteiger partial charge in [-0.15, -0.1) is 0 Å². The molecule has 0 saturated heterocycles. The number of nitrogens with zero attached hydrogens (tertiary/aromatic N) is 1. The van der Waals surface area contributed by atoms with Crippen molar-refractivity contribution < 1.29 is 9.53 Å². The van der Waals surface area contributed by atoms with Gasteiger partial charge in [-0.05, 0) is 37.3 Å². The maximum Gasteiger partial charge on any atom is 0.268 e. The van der Waals surface area contributed by atoms with Crippen LogP contribution in [0.3, 0.4) is 0 Å². The monoisotopic (exact) mass is 326 g/mol. The Bertz CT molecular complexity index is 810. The van der Waals surface area contributed by atoms with Crippen molar-refractivity contribution in [1.29, 1.82) is 0 Å². The molecule has 1 N–H and O–H groups in total. The molecule has 24 heavy (non-hydrogen) atoms. The summed E-state index contributed by atoms with van der Waals surface area (Å²) in [4.78, 5) is 24.1. The molecule has 0 unspecified atom stereocenters. The minimum atomic E-state index is -0.211. The topological polar surface area (TPSA) is 60.3 Å². The largest absolute Gasteiger partial charge is 0.493 e. The molecule has 5 heteroatoms.